The molecular weight excluding hydrogens is 190 g/mol. The van der Waals surface area contributed by atoms with Crippen molar-refractivity contribution in [1.82, 2.24) is 15.1 Å². The van der Waals surface area contributed by atoms with Crippen molar-refractivity contribution in [3.63, 3.8) is 0 Å². The smallest absolute Gasteiger partial charge is 0.0551 e. The third-order valence-corrected chi connectivity index (χ3v) is 2.47. The van der Waals surface area contributed by atoms with E-state index in [4.69, 9.17) is 4.74 Å². The van der Waals surface area contributed by atoms with Gasteiger partial charge >= 0.3 is 0 Å². The van der Waals surface area contributed by atoms with E-state index in [9.17, 15) is 0 Å². The van der Waals surface area contributed by atoms with Gasteiger partial charge in [0, 0.05) is 27.0 Å². The molecule has 0 bridgehead atoms. The van der Waals surface area contributed by atoms with Gasteiger partial charge < -0.3 is 10.1 Å². The van der Waals surface area contributed by atoms with Crippen LogP contribution in [-0.4, -0.2) is 30.0 Å². The normalized spacial score (nSPS) is 13.0. The molecule has 15 heavy (non-hydrogen) atoms. The van der Waals surface area contributed by atoms with Gasteiger partial charge in [0.05, 0.1) is 11.7 Å². The number of aromatic nitrogens is 2. The summed E-state index contributed by atoms with van der Waals surface area (Å²) < 4.78 is 7.04. The van der Waals surface area contributed by atoms with Crippen molar-refractivity contribution >= 4 is 0 Å². The molecule has 0 spiro atoms. The maximum absolute atomic E-state index is 5.12. The van der Waals surface area contributed by atoms with E-state index in [1.54, 1.807) is 7.11 Å². The van der Waals surface area contributed by atoms with Crippen LogP contribution in [0.2, 0.25) is 0 Å². The monoisotopic (exact) mass is 211 g/mol. The summed E-state index contributed by atoms with van der Waals surface area (Å²) in [6, 6.07) is 2.40. The molecule has 1 heterocycles. The molecule has 1 N–H and O–H groups in total. The van der Waals surface area contributed by atoms with E-state index in [-0.39, 0.29) is 0 Å². The SMILES string of the molecule is CCCNC(CCOC)c1ccnn1C. The Hall–Kier alpha value is -0.870. The number of hydrogen-bond acceptors (Lipinski definition) is 3. The lowest BCUT2D eigenvalue weighted by Gasteiger charge is -2.18. The molecule has 0 saturated carbocycles. The van der Waals surface area contributed by atoms with Crippen LogP contribution in [0.3, 0.4) is 0 Å². The zero-order valence-corrected chi connectivity index (χ0v) is 9.86. The van der Waals surface area contributed by atoms with Crippen LogP contribution in [-0.2, 0) is 11.8 Å². The van der Waals surface area contributed by atoms with E-state index >= 15 is 0 Å². The van der Waals surface area contributed by atoms with Gasteiger partial charge in [0.25, 0.3) is 0 Å². The molecule has 0 aliphatic carbocycles. The molecule has 1 aromatic rings. The van der Waals surface area contributed by atoms with E-state index in [0.717, 1.165) is 26.0 Å². The Bertz CT molecular complexity index is 265. The quantitative estimate of drug-likeness (QED) is 0.743. The Balaban J connectivity index is 2.58. The largest absolute Gasteiger partial charge is 0.385 e. The Morgan fingerprint density at radius 1 is 1.60 bits per heavy atom. The molecule has 0 radical (unpaired) electrons. The highest BCUT2D eigenvalue weighted by Gasteiger charge is 2.13. The summed E-state index contributed by atoms with van der Waals surface area (Å²) in [4.78, 5) is 0. The van der Waals surface area contributed by atoms with Gasteiger partial charge in [0.1, 0.15) is 0 Å². The number of rotatable bonds is 7. The Kier molecular flexibility index (Phi) is 5.36. The first-order chi connectivity index (χ1) is 7.29. The zero-order chi connectivity index (χ0) is 11.1. The van der Waals surface area contributed by atoms with Gasteiger partial charge in [-0.05, 0) is 25.5 Å². The van der Waals surface area contributed by atoms with Crippen LogP contribution in [0.5, 0.6) is 0 Å². The molecule has 0 amide bonds. The molecule has 0 aromatic carbocycles. The minimum atomic E-state index is 0.345. The van der Waals surface area contributed by atoms with Gasteiger partial charge in [0.15, 0.2) is 0 Å². The Labute approximate surface area is 91.6 Å². The third-order valence-electron chi connectivity index (χ3n) is 2.47. The molecular formula is C11H21N3O. The standard InChI is InChI=1S/C11H21N3O/c1-4-7-12-10(6-9-15-3)11-5-8-13-14(11)2/h5,8,10,12H,4,6-7,9H2,1-3H3. The van der Waals surface area contributed by atoms with Crippen molar-refractivity contribution in [3.05, 3.63) is 18.0 Å². The van der Waals surface area contributed by atoms with Crippen LogP contribution < -0.4 is 5.32 Å². The lowest BCUT2D eigenvalue weighted by atomic mass is 10.1. The summed E-state index contributed by atoms with van der Waals surface area (Å²) in [5.74, 6) is 0. The van der Waals surface area contributed by atoms with Gasteiger partial charge in [-0.15, -0.1) is 0 Å². The second kappa shape index (κ2) is 6.58. The molecule has 4 heteroatoms. The average molecular weight is 211 g/mol. The van der Waals surface area contributed by atoms with Crippen molar-refractivity contribution in [2.45, 2.75) is 25.8 Å². The number of nitrogens with one attached hydrogen (secondary N) is 1. The van der Waals surface area contributed by atoms with Gasteiger partial charge in [-0.3, -0.25) is 4.68 Å². The number of ether oxygens (including phenoxy) is 1. The van der Waals surface area contributed by atoms with Crippen molar-refractivity contribution in [2.75, 3.05) is 20.3 Å². The molecule has 86 valence electrons. The lowest BCUT2D eigenvalue weighted by Crippen LogP contribution is -2.25. The fraction of sp³-hybridized carbons (Fsp3) is 0.727. The van der Waals surface area contributed by atoms with Crippen LogP contribution in [0.25, 0.3) is 0 Å². The molecule has 1 rings (SSSR count). The van der Waals surface area contributed by atoms with Crippen LogP contribution in [0.15, 0.2) is 12.3 Å². The van der Waals surface area contributed by atoms with Crippen LogP contribution in [0, 0.1) is 0 Å². The van der Waals surface area contributed by atoms with Gasteiger partial charge in [0.2, 0.25) is 0 Å². The van der Waals surface area contributed by atoms with E-state index in [0.29, 0.717) is 6.04 Å². The first kappa shape index (κ1) is 12.2. The first-order valence-corrected chi connectivity index (χ1v) is 5.49. The zero-order valence-electron chi connectivity index (χ0n) is 9.86. The molecule has 0 aliphatic heterocycles. The summed E-state index contributed by atoms with van der Waals surface area (Å²) >= 11 is 0. The fourth-order valence-corrected chi connectivity index (χ4v) is 1.63. The minimum Gasteiger partial charge on any atom is -0.385 e. The molecule has 4 nitrogen and oxygen atoms in total. The van der Waals surface area contributed by atoms with Crippen molar-refractivity contribution in [1.29, 1.82) is 0 Å². The minimum absolute atomic E-state index is 0.345. The summed E-state index contributed by atoms with van der Waals surface area (Å²) in [7, 11) is 3.71. The molecule has 1 unspecified atom stereocenters. The van der Waals surface area contributed by atoms with Gasteiger partial charge in [-0.25, -0.2) is 0 Å². The van der Waals surface area contributed by atoms with E-state index in [1.165, 1.54) is 5.69 Å². The number of methoxy groups -OCH3 is 1. The van der Waals surface area contributed by atoms with Crippen molar-refractivity contribution < 1.29 is 4.74 Å². The molecule has 1 aromatic heterocycles. The lowest BCUT2D eigenvalue weighted by molar-refractivity contribution is 0.181. The molecule has 0 saturated heterocycles. The maximum Gasteiger partial charge on any atom is 0.0551 e. The number of aryl methyl sites for hydroxylation is 1. The topological polar surface area (TPSA) is 39.1 Å². The maximum atomic E-state index is 5.12. The van der Waals surface area contributed by atoms with E-state index in [2.05, 4.69) is 23.4 Å². The highest BCUT2D eigenvalue weighted by Crippen LogP contribution is 2.15. The second-order valence-electron chi connectivity index (χ2n) is 3.67. The van der Waals surface area contributed by atoms with Crippen LogP contribution in [0.4, 0.5) is 0 Å². The van der Waals surface area contributed by atoms with Crippen molar-refractivity contribution in [3.8, 4) is 0 Å². The first-order valence-electron chi connectivity index (χ1n) is 5.49. The molecule has 0 fully saturated rings. The van der Waals surface area contributed by atoms with Gasteiger partial charge in [-0.1, -0.05) is 6.92 Å². The molecule has 0 aliphatic rings. The number of nitrogens with zero attached hydrogens (tertiary/aromatic N) is 2. The Morgan fingerprint density at radius 2 is 2.40 bits per heavy atom. The van der Waals surface area contributed by atoms with E-state index in [1.807, 2.05) is 17.9 Å². The second-order valence-corrected chi connectivity index (χ2v) is 3.67. The summed E-state index contributed by atoms with van der Waals surface area (Å²) in [5.41, 5.74) is 1.22. The van der Waals surface area contributed by atoms with Crippen molar-refractivity contribution in [2.24, 2.45) is 7.05 Å². The van der Waals surface area contributed by atoms with Crippen LogP contribution >= 0.6 is 0 Å². The summed E-state index contributed by atoms with van der Waals surface area (Å²) in [5, 5.41) is 7.70. The number of hydrogen-bond donors (Lipinski definition) is 1. The van der Waals surface area contributed by atoms with Crippen LogP contribution in [0.1, 0.15) is 31.5 Å². The Morgan fingerprint density at radius 3 is 2.93 bits per heavy atom. The third kappa shape index (κ3) is 3.64. The summed E-state index contributed by atoms with van der Waals surface area (Å²) in [6.07, 6.45) is 3.96. The fourth-order valence-electron chi connectivity index (χ4n) is 1.63. The highest BCUT2D eigenvalue weighted by molar-refractivity contribution is 5.06. The highest BCUT2D eigenvalue weighted by atomic mass is 16.5. The summed E-state index contributed by atoms with van der Waals surface area (Å²) in [6.45, 7) is 3.97. The predicted molar refractivity (Wildman–Crippen MR) is 60.7 cm³/mol. The predicted octanol–water partition coefficient (Wildman–Crippen LogP) is 1.50. The van der Waals surface area contributed by atoms with Gasteiger partial charge in [-0.2, -0.15) is 5.10 Å². The van der Waals surface area contributed by atoms with E-state index < -0.39 is 0 Å². The average Bonchev–Trinajstić information content (AvgIpc) is 2.65. The molecule has 1 atom stereocenters.